The molecule has 0 amide bonds. The van der Waals surface area contributed by atoms with Crippen LogP contribution in [0.15, 0.2) is 27.6 Å². The Morgan fingerprint density at radius 1 is 1.26 bits per heavy atom. The maximum Gasteiger partial charge on any atom is 0.243 e. The number of hydrogen-bond donors (Lipinski definition) is 1. The fourth-order valence-electron chi connectivity index (χ4n) is 2.17. The molecule has 1 fully saturated rings. The minimum atomic E-state index is -3.82. The molecule has 0 aromatic heterocycles. The van der Waals surface area contributed by atoms with Crippen LogP contribution in [0, 0.1) is 5.82 Å². The van der Waals surface area contributed by atoms with Gasteiger partial charge in [-0.2, -0.15) is 0 Å². The summed E-state index contributed by atoms with van der Waals surface area (Å²) in [5, 5.41) is 0. The topological polar surface area (TPSA) is 46.2 Å². The predicted octanol–water partition coefficient (Wildman–Crippen LogP) is 3.57. The van der Waals surface area contributed by atoms with Crippen LogP contribution in [0.2, 0.25) is 0 Å². The molecule has 2 unspecified atom stereocenters. The second-order valence-electron chi connectivity index (χ2n) is 4.60. The van der Waals surface area contributed by atoms with Crippen molar-refractivity contribution in [3.05, 3.63) is 28.5 Å². The van der Waals surface area contributed by atoms with E-state index in [9.17, 15) is 12.8 Å². The van der Waals surface area contributed by atoms with E-state index >= 15 is 0 Å². The molecule has 106 valence electrons. The van der Waals surface area contributed by atoms with E-state index in [0.717, 1.165) is 31.7 Å². The quantitative estimate of drug-likeness (QED) is 0.768. The van der Waals surface area contributed by atoms with Gasteiger partial charge in [0.25, 0.3) is 0 Å². The zero-order valence-corrected chi connectivity index (χ0v) is 14.1. The average Bonchev–Trinajstić information content (AvgIpc) is 2.31. The first-order chi connectivity index (χ1) is 8.90. The van der Waals surface area contributed by atoms with Gasteiger partial charge in [-0.05, 0) is 31.0 Å². The number of halogens is 3. The Morgan fingerprint density at radius 3 is 2.58 bits per heavy atom. The molecule has 1 aliphatic rings. The monoisotopic (exact) mass is 413 g/mol. The molecular weight excluding hydrogens is 401 g/mol. The SMILES string of the molecule is O=S(=O)(NC1CCCCC1Br)c1ccc(Br)cc1F. The normalized spacial score (nSPS) is 24.4. The van der Waals surface area contributed by atoms with Crippen LogP contribution in [0.3, 0.4) is 0 Å². The second-order valence-corrected chi connectivity index (χ2v) is 8.38. The summed E-state index contributed by atoms with van der Waals surface area (Å²) in [5.74, 6) is -0.746. The zero-order chi connectivity index (χ0) is 14.0. The maximum atomic E-state index is 13.7. The Hall–Kier alpha value is 0.0200. The summed E-state index contributed by atoms with van der Waals surface area (Å²) >= 11 is 6.59. The van der Waals surface area contributed by atoms with E-state index in [0.29, 0.717) is 4.47 Å². The molecule has 7 heteroatoms. The van der Waals surface area contributed by atoms with E-state index in [1.165, 1.54) is 12.1 Å². The van der Waals surface area contributed by atoms with Crippen LogP contribution in [0.5, 0.6) is 0 Å². The van der Waals surface area contributed by atoms with Crippen molar-refractivity contribution in [1.82, 2.24) is 4.72 Å². The van der Waals surface area contributed by atoms with Gasteiger partial charge < -0.3 is 0 Å². The molecule has 19 heavy (non-hydrogen) atoms. The summed E-state index contributed by atoms with van der Waals surface area (Å²) in [7, 11) is -3.82. The van der Waals surface area contributed by atoms with Crippen molar-refractivity contribution >= 4 is 41.9 Å². The van der Waals surface area contributed by atoms with Crippen LogP contribution in [0.4, 0.5) is 4.39 Å². The van der Waals surface area contributed by atoms with Crippen molar-refractivity contribution in [2.24, 2.45) is 0 Å². The first-order valence-electron chi connectivity index (χ1n) is 6.01. The molecule has 0 radical (unpaired) electrons. The highest BCUT2D eigenvalue weighted by atomic mass is 79.9. The molecule has 2 atom stereocenters. The van der Waals surface area contributed by atoms with Gasteiger partial charge in [0.15, 0.2) is 0 Å². The molecule has 1 aromatic rings. The summed E-state index contributed by atoms with van der Waals surface area (Å²) in [6, 6.07) is 3.76. The Balaban J connectivity index is 2.22. The Labute approximate surface area is 129 Å². The van der Waals surface area contributed by atoms with Crippen LogP contribution in [-0.2, 0) is 10.0 Å². The van der Waals surface area contributed by atoms with Gasteiger partial charge in [0.1, 0.15) is 10.7 Å². The molecule has 0 bridgehead atoms. The fraction of sp³-hybridized carbons (Fsp3) is 0.500. The van der Waals surface area contributed by atoms with Crippen molar-refractivity contribution < 1.29 is 12.8 Å². The zero-order valence-electron chi connectivity index (χ0n) is 10.1. The standard InChI is InChI=1S/C12H14Br2FNO2S/c13-8-5-6-12(10(15)7-8)19(17,18)16-11-4-2-1-3-9(11)14/h5-7,9,11,16H,1-4H2. The molecule has 1 saturated carbocycles. The van der Waals surface area contributed by atoms with E-state index in [1.807, 2.05) is 0 Å². The lowest BCUT2D eigenvalue weighted by Gasteiger charge is -2.27. The maximum absolute atomic E-state index is 13.7. The molecule has 1 N–H and O–H groups in total. The molecule has 3 nitrogen and oxygen atoms in total. The van der Waals surface area contributed by atoms with Crippen molar-refractivity contribution in [2.45, 2.75) is 41.4 Å². The van der Waals surface area contributed by atoms with Crippen LogP contribution in [0.1, 0.15) is 25.7 Å². The minimum absolute atomic E-state index is 0.106. The third-order valence-electron chi connectivity index (χ3n) is 3.17. The van der Waals surface area contributed by atoms with Gasteiger partial charge in [0, 0.05) is 15.3 Å². The van der Waals surface area contributed by atoms with Crippen molar-refractivity contribution in [3.63, 3.8) is 0 Å². The number of rotatable bonds is 3. The molecule has 0 aliphatic heterocycles. The lowest BCUT2D eigenvalue weighted by atomic mass is 9.96. The van der Waals surface area contributed by atoms with Gasteiger partial charge in [-0.1, -0.05) is 44.7 Å². The molecule has 0 saturated heterocycles. The Morgan fingerprint density at radius 2 is 1.95 bits per heavy atom. The Bertz CT molecular complexity index is 565. The van der Waals surface area contributed by atoms with E-state index in [-0.39, 0.29) is 15.8 Å². The fourth-order valence-corrected chi connectivity index (χ4v) is 4.77. The lowest BCUT2D eigenvalue weighted by molar-refractivity contribution is 0.426. The first-order valence-corrected chi connectivity index (χ1v) is 9.21. The second kappa shape index (κ2) is 6.20. The third-order valence-corrected chi connectivity index (χ3v) is 6.28. The summed E-state index contributed by atoms with van der Waals surface area (Å²) < 4.78 is 41.2. The predicted molar refractivity (Wildman–Crippen MR) is 79.4 cm³/mol. The highest BCUT2D eigenvalue weighted by Crippen LogP contribution is 2.27. The number of benzene rings is 1. The van der Waals surface area contributed by atoms with Crippen LogP contribution in [-0.4, -0.2) is 19.3 Å². The van der Waals surface area contributed by atoms with Crippen LogP contribution >= 0.6 is 31.9 Å². The average molecular weight is 415 g/mol. The number of hydrogen-bond acceptors (Lipinski definition) is 2. The number of nitrogens with one attached hydrogen (secondary N) is 1. The molecular formula is C12H14Br2FNO2S. The molecule has 1 aromatic carbocycles. The van der Waals surface area contributed by atoms with Gasteiger partial charge in [-0.25, -0.2) is 17.5 Å². The van der Waals surface area contributed by atoms with E-state index < -0.39 is 15.8 Å². The summed E-state index contributed by atoms with van der Waals surface area (Å²) in [6.07, 6.45) is 3.77. The minimum Gasteiger partial charge on any atom is -0.207 e. The summed E-state index contributed by atoms with van der Waals surface area (Å²) in [6.45, 7) is 0. The van der Waals surface area contributed by atoms with Crippen LogP contribution < -0.4 is 4.72 Å². The molecule has 0 spiro atoms. The highest BCUT2D eigenvalue weighted by molar-refractivity contribution is 9.10. The van der Waals surface area contributed by atoms with Gasteiger partial charge in [0.2, 0.25) is 10.0 Å². The highest BCUT2D eigenvalue weighted by Gasteiger charge is 2.29. The Kier molecular flexibility index (Phi) is 5.03. The van der Waals surface area contributed by atoms with Gasteiger partial charge in [0.05, 0.1) is 0 Å². The molecule has 2 rings (SSSR count). The van der Waals surface area contributed by atoms with Gasteiger partial charge in [-0.15, -0.1) is 0 Å². The van der Waals surface area contributed by atoms with Crippen molar-refractivity contribution in [3.8, 4) is 0 Å². The number of alkyl halides is 1. The van der Waals surface area contributed by atoms with E-state index in [1.54, 1.807) is 0 Å². The lowest BCUT2D eigenvalue weighted by Crippen LogP contribution is -2.42. The van der Waals surface area contributed by atoms with Crippen molar-refractivity contribution in [1.29, 1.82) is 0 Å². The van der Waals surface area contributed by atoms with Gasteiger partial charge in [-0.3, -0.25) is 0 Å². The smallest absolute Gasteiger partial charge is 0.207 e. The van der Waals surface area contributed by atoms with Crippen LogP contribution in [0.25, 0.3) is 0 Å². The third kappa shape index (κ3) is 3.77. The summed E-state index contributed by atoms with van der Waals surface area (Å²) in [4.78, 5) is -0.199. The molecule has 0 heterocycles. The molecule has 1 aliphatic carbocycles. The van der Waals surface area contributed by atoms with E-state index in [4.69, 9.17) is 0 Å². The van der Waals surface area contributed by atoms with Crippen molar-refractivity contribution in [2.75, 3.05) is 0 Å². The van der Waals surface area contributed by atoms with E-state index in [2.05, 4.69) is 36.6 Å². The summed E-state index contributed by atoms with van der Waals surface area (Å²) in [5.41, 5.74) is 0. The first kappa shape index (κ1) is 15.4. The largest absolute Gasteiger partial charge is 0.243 e. The number of sulfonamides is 1. The van der Waals surface area contributed by atoms with Gasteiger partial charge >= 0.3 is 0 Å².